The van der Waals surface area contributed by atoms with Crippen molar-refractivity contribution in [2.45, 2.75) is 26.2 Å². The molecule has 0 aliphatic carbocycles. The Bertz CT molecular complexity index is 851. The third kappa shape index (κ3) is 4.27. The molecule has 0 radical (unpaired) electrons. The van der Waals surface area contributed by atoms with Crippen molar-refractivity contribution >= 4 is 23.3 Å². The van der Waals surface area contributed by atoms with Gasteiger partial charge in [-0.2, -0.15) is 10.2 Å². The summed E-state index contributed by atoms with van der Waals surface area (Å²) in [6, 6.07) is 9.63. The van der Waals surface area contributed by atoms with Crippen LogP contribution < -0.4 is 5.32 Å². The standard InChI is InChI=1S/C18H18FN5O2/c1-2-24-17(25)9-7-15(23-24)18(26)20-16-8-6-14(21-22-16)11-12-4-3-5-13(19)10-12/h3-6,8,10H,2,7,9,11H2,1H3,(H,20,22,26). The molecule has 26 heavy (non-hydrogen) atoms. The minimum Gasteiger partial charge on any atom is -0.304 e. The molecule has 1 aliphatic rings. The van der Waals surface area contributed by atoms with Gasteiger partial charge in [-0.1, -0.05) is 12.1 Å². The summed E-state index contributed by atoms with van der Waals surface area (Å²) in [6.07, 6.45) is 1.00. The number of rotatable bonds is 5. The SMILES string of the molecule is CCN1N=C(C(=O)Nc2ccc(Cc3cccc(F)c3)nn2)CCC1=O. The fourth-order valence-corrected chi connectivity index (χ4v) is 2.58. The van der Waals surface area contributed by atoms with Gasteiger partial charge < -0.3 is 5.32 Å². The third-order valence-electron chi connectivity index (χ3n) is 3.90. The van der Waals surface area contributed by atoms with Gasteiger partial charge in [-0.25, -0.2) is 9.40 Å². The highest BCUT2D eigenvalue weighted by atomic mass is 19.1. The Morgan fingerprint density at radius 2 is 2.08 bits per heavy atom. The van der Waals surface area contributed by atoms with Crippen LogP contribution in [-0.2, 0) is 16.0 Å². The van der Waals surface area contributed by atoms with Crippen LogP contribution in [0, 0.1) is 5.82 Å². The Morgan fingerprint density at radius 1 is 1.23 bits per heavy atom. The first kappa shape index (κ1) is 17.7. The second kappa shape index (κ2) is 7.81. The zero-order chi connectivity index (χ0) is 18.5. The zero-order valence-corrected chi connectivity index (χ0v) is 14.3. The lowest BCUT2D eigenvalue weighted by atomic mass is 10.1. The summed E-state index contributed by atoms with van der Waals surface area (Å²) < 4.78 is 13.2. The van der Waals surface area contributed by atoms with Crippen LogP contribution in [0.5, 0.6) is 0 Å². The van der Waals surface area contributed by atoms with Gasteiger partial charge >= 0.3 is 0 Å². The fraction of sp³-hybridized carbons (Fsp3) is 0.278. The second-order valence-electron chi connectivity index (χ2n) is 5.83. The number of amides is 2. The predicted molar refractivity (Wildman–Crippen MR) is 93.9 cm³/mol. The van der Waals surface area contributed by atoms with E-state index in [1.165, 1.54) is 17.1 Å². The largest absolute Gasteiger partial charge is 0.304 e. The van der Waals surface area contributed by atoms with E-state index in [1.807, 2.05) is 6.07 Å². The molecule has 1 aliphatic heterocycles. The van der Waals surface area contributed by atoms with Crippen molar-refractivity contribution in [3.05, 3.63) is 53.5 Å². The number of hydrogen-bond acceptors (Lipinski definition) is 5. The molecule has 0 atom stereocenters. The normalized spacial score (nSPS) is 14.2. The second-order valence-corrected chi connectivity index (χ2v) is 5.83. The molecular formula is C18H18FN5O2. The van der Waals surface area contributed by atoms with E-state index >= 15 is 0 Å². The molecule has 0 unspecified atom stereocenters. The Balaban J connectivity index is 1.64. The van der Waals surface area contributed by atoms with Gasteiger partial charge in [-0.05, 0) is 36.8 Å². The van der Waals surface area contributed by atoms with E-state index in [4.69, 9.17) is 0 Å². The number of anilines is 1. The maximum atomic E-state index is 13.2. The van der Waals surface area contributed by atoms with Gasteiger partial charge in [0.25, 0.3) is 5.91 Å². The van der Waals surface area contributed by atoms with Crippen LogP contribution in [0.2, 0.25) is 0 Å². The summed E-state index contributed by atoms with van der Waals surface area (Å²) in [5.41, 5.74) is 1.74. The van der Waals surface area contributed by atoms with Crippen LogP contribution in [0.15, 0.2) is 41.5 Å². The summed E-state index contributed by atoms with van der Waals surface area (Å²) in [7, 11) is 0. The number of carbonyl (C=O) groups excluding carboxylic acids is 2. The molecule has 1 aromatic carbocycles. The monoisotopic (exact) mass is 355 g/mol. The van der Waals surface area contributed by atoms with Crippen molar-refractivity contribution in [2.75, 3.05) is 11.9 Å². The minimum absolute atomic E-state index is 0.0921. The van der Waals surface area contributed by atoms with Crippen molar-refractivity contribution in [1.29, 1.82) is 0 Å². The summed E-state index contributed by atoms with van der Waals surface area (Å²) in [5.74, 6) is -0.499. The van der Waals surface area contributed by atoms with Crippen LogP contribution in [0.4, 0.5) is 10.2 Å². The summed E-state index contributed by atoms with van der Waals surface area (Å²) >= 11 is 0. The molecule has 2 aromatic rings. The van der Waals surface area contributed by atoms with E-state index in [0.717, 1.165) is 5.56 Å². The van der Waals surface area contributed by atoms with E-state index < -0.39 is 5.91 Å². The van der Waals surface area contributed by atoms with Gasteiger partial charge in [0.2, 0.25) is 5.91 Å². The van der Waals surface area contributed by atoms with Gasteiger partial charge in [0.05, 0.1) is 5.69 Å². The highest BCUT2D eigenvalue weighted by Crippen LogP contribution is 2.12. The number of nitrogens with one attached hydrogen (secondary N) is 1. The zero-order valence-electron chi connectivity index (χ0n) is 14.3. The average Bonchev–Trinajstić information content (AvgIpc) is 2.64. The molecule has 8 heteroatoms. The number of hydrogen-bond donors (Lipinski definition) is 1. The summed E-state index contributed by atoms with van der Waals surface area (Å²) in [4.78, 5) is 23.9. The number of aromatic nitrogens is 2. The quantitative estimate of drug-likeness (QED) is 0.890. The first-order chi connectivity index (χ1) is 12.5. The molecule has 0 spiro atoms. The molecule has 134 valence electrons. The van der Waals surface area contributed by atoms with E-state index in [2.05, 4.69) is 20.6 Å². The molecule has 2 amide bonds. The molecule has 0 fully saturated rings. The molecule has 1 aromatic heterocycles. The van der Waals surface area contributed by atoms with Gasteiger partial charge in [-0.15, -0.1) is 5.10 Å². The number of nitrogens with zero attached hydrogens (tertiary/aromatic N) is 4. The average molecular weight is 355 g/mol. The predicted octanol–water partition coefficient (Wildman–Crippen LogP) is 2.14. The van der Waals surface area contributed by atoms with Crippen molar-refractivity contribution in [1.82, 2.24) is 15.2 Å². The highest BCUT2D eigenvalue weighted by molar-refractivity contribution is 6.43. The highest BCUT2D eigenvalue weighted by Gasteiger charge is 2.23. The molecule has 3 rings (SSSR count). The molecule has 1 N–H and O–H groups in total. The summed E-state index contributed by atoms with van der Waals surface area (Å²) in [6.45, 7) is 2.22. The van der Waals surface area contributed by atoms with Crippen LogP contribution in [0.3, 0.4) is 0 Å². The van der Waals surface area contributed by atoms with Crippen molar-refractivity contribution < 1.29 is 14.0 Å². The topological polar surface area (TPSA) is 87.6 Å². The maximum Gasteiger partial charge on any atom is 0.273 e. The van der Waals surface area contributed by atoms with Gasteiger partial charge in [0.1, 0.15) is 11.5 Å². The van der Waals surface area contributed by atoms with Crippen LogP contribution in [0.25, 0.3) is 0 Å². The molecule has 0 saturated heterocycles. The first-order valence-corrected chi connectivity index (χ1v) is 8.31. The maximum absolute atomic E-state index is 13.2. The number of hydrazone groups is 1. The smallest absolute Gasteiger partial charge is 0.273 e. The molecule has 7 nitrogen and oxygen atoms in total. The Labute approximate surface area is 149 Å². The van der Waals surface area contributed by atoms with Crippen LogP contribution >= 0.6 is 0 Å². The lowest BCUT2D eigenvalue weighted by Gasteiger charge is -2.21. The Hall–Kier alpha value is -3.16. The van der Waals surface area contributed by atoms with Gasteiger partial charge in [-0.3, -0.25) is 9.59 Å². The lowest BCUT2D eigenvalue weighted by molar-refractivity contribution is -0.131. The minimum atomic E-state index is -0.400. The number of halogens is 1. The lowest BCUT2D eigenvalue weighted by Crippen LogP contribution is -2.36. The molecule has 0 bridgehead atoms. The molecular weight excluding hydrogens is 337 g/mol. The summed E-state index contributed by atoms with van der Waals surface area (Å²) in [5, 5.41) is 16.0. The number of carbonyl (C=O) groups is 2. The molecule has 0 saturated carbocycles. The van der Waals surface area contributed by atoms with E-state index in [9.17, 15) is 14.0 Å². The first-order valence-electron chi connectivity index (χ1n) is 8.31. The van der Waals surface area contributed by atoms with Crippen molar-refractivity contribution in [2.24, 2.45) is 5.10 Å². The van der Waals surface area contributed by atoms with Crippen molar-refractivity contribution in [3.63, 3.8) is 0 Å². The van der Waals surface area contributed by atoms with Crippen LogP contribution in [0.1, 0.15) is 31.0 Å². The number of benzene rings is 1. The Morgan fingerprint density at radius 3 is 2.77 bits per heavy atom. The Kier molecular flexibility index (Phi) is 5.31. The van der Waals surface area contributed by atoms with Gasteiger partial charge in [0.15, 0.2) is 5.82 Å². The van der Waals surface area contributed by atoms with E-state index in [-0.39, 0.29) is 23.9 Å². The van der Waals surface area contributed by atoms with E-state index in [1.54, 1.807) is 25.1 Å². The van der Waals surface area contributed by atoms with Gasteiger partial charge in [0, 0.05) is 25.8 Å². The third-order valence-corrected chi connectivity index (χ3v) is 3.90. The fourth-order valence-electron chi connectivity index (χ4n) is 2.58. The van der Waals surface area contributed by atoms with E-state index in [0.29, 0.717) is 30.9 Å². The van der Waals surface area contributed by atoms with Crippen molar-refractivity contribution in [3.8, 4) is 0 Å². The van der Waals surface area contributed by atoms with Crippen LogP contribution in [-0.4, -0.2) is 39.3 Å². The molecule has 2 heterocycles.